The van der Waals surface area contributed by atoms with Crippen molar-refractivity contribution < 1.29 is 0 Å². The maximum absolute atomic E-state index is 3.87. The van der Waals surface area contributed by atoms with E-state index in [4.69, 9.17) is 0 Å². The summed E-state index contributed by atoms with van der Waals surface area (Å²) >= 11 is 1.98. The highest BCUT2D eigenvalue weighted by molar-refractivity contribution is 7.12. The Labute approximate surface area is 121 Å². The second-order valence-corrected chi connectivity index (χ2v) is 7.87. The van der Waals surface area contributed by atoms with E-state index in [1.54, 1.807) is 0 Å². The summed E-state index contributed by atoms with van der Waals surface area (Å²) in [5.41, 5.74) is 0. The molecule has 3 rings (SSSR count). The molecule has 1 nitrogen and oxygen atoms in total. The van der Waals surface area contributed by atoms with E-state index in [0.717, 1.165) is 17.8 Å². The van der Waals surface area contributed by atoms with Crippen molar-refractivity contribution in [3.05, 3.63) is 21.9 Å². The second-order valence-electron chi connectivity index (χ2n) is 6.67. The molecule has 1 heterocycles. The molecular formula is C17H27NS. The van der Waals surface area contributed by atoms with Gasteiger partial charge in [-0.1, -0.05) is 13.3 Å². The number of hydrogen-bond donors (Lipinski definition) is 1. The van der Waals surface area contributed by atoms with Crippen LogP contribution in [-0.4, -0.2) is 6.04 Å². The fraction of sp³-hybridized carbons (Fsp3) is 0.765. The first-order chi connectivity index (χ1) is 9.17. The SMILES string of the molecule is CCc1ccc(C(C)NC(C)C2CC3CCC2C3)s1. The van der Waals surface area contributed by atoms with Crippen LogP contribution in [0.2, 0.25) is 0 Å². The predicted molar refractivity (Wildman–Crippen MR) is 83.6 cm³/mol. The summed E-state index contributed by atoms with van der Waals surface area (Å²) in [6.45, 7) is 6.98. The summed E-state index contributed by atoms with van der Waals surface area (Å²) in [5.74, 6) is 3.02. The summed E-state index contributed by atoms with van der Waals surface area (Å²) in [5, 5.41) is 3.87. The fourth-order valence-electron chi connectivity index (χ4n) is 4.32. The largest absolute Gasteiger partial charge is 0.307 e. The molecule has 0 spiro atoms. The van der Waals surface area contributed by atoms with Crippen LogP contribution in [0, 0.1) is 17.8 Å². The predicted octanol–water partition coefficient (Wildman–Crippen LogP) is 4.79. The molecule has 5 unspecified atom stereocenters. The number of nitrogens with one attached hydrogen (secondary N) is 1. The molecule has 1 aromatic heterocycles. The van der Waals surface area contributed by atoms with Gasteiger partial charge in [-0.05, 0) is 69.4 Å². The highest BCUT2D eigenvalue weighted by atomic mass is 32.1. The lowest BCUT2D eigenvalue weighted by atomic mass is 9.84. The molecule has 2 heteroatoms. The summed E-state index contributed by atoms with van der Waals surface area (Å²) in [6, 6.07) is 5.80. The highest BCUT2D eigenvalue weighted by Crippen LogP contribution is 2.49. The van der Waals surface area contributed by atoms with Crippen LogP contribution in [-0.2, 0) is 6.42 Å². The van der Waals surface area contributed by atoms with Crippen LogP contribution in [0.4, 0.5) is 0 Å². The van der Waals surface area contributed by atoms with E-state index in [0.29, 0.717) is 12.1 Å². The van der Waals surface area contributed by atoms with E-state index in [1.165, 1.54) is 41.9 Å². The molecule has 1 N–H and O–H groups in total. The molecular weight excluding hydrogens is 250 g/mol. The molecule has 0 radical (unpaired) electrons. The molecule has 2 saturated carbocycles. The Morgan fingerprint density at radius 2 is 2.11 bits per heavy atom. The van der Waals surface area contributed by atoms with Gasteiger partial charge in [0.25, 0.3) is 0 Å². The van der Waals surface area contributed by atoms with Crippen molar-refractivity contribution in [3.8, 4) is 0 Å². The van der Waals surface area contributed by atoms with Crippen LogP contribution in [0.15, 0.2) is 12.1 Å². The Morgan fingerprint density at radius 3 is 2.68 bits per heavy atom. The minimum atomic E-state index is 0.513. The number of fused-ring (bicyclic) bond motifs is 2. The van der Waals surface area contributed by atoms with Gasteiger partial charge in [0.1, 0.15) is 0 Å². The van der Waals surface area contributed by atoms with Gasteiger partial charge in [0.05, 0.1) is 0 Å². The van der Waals surface area contributed by atoms with E-state index >= 15 is 0 Å². The van der Waals surface area contributed by atoms with Crippen molar-refractivity contribution in [1.82, 2.24) is 5.32 Å². The zero-order chi connectivity index (χ0) is 13.4. The fourth-order valence-corrected chi connectivity index (χ4v) is 5.29. The number of thiophene rings is 1. The average molecular weight is 277 g/mol. The third kappa shape index (κ3) is 2.75. The first-order valence-electron chi connectivity index (χ1n) is 8.02. The Hall–Kier alpha value is -0.340. The van der Waals surface area contributed by atoms with Crippen LogP contribution in [0.1, 0.15) is 62.3 Å². The standard InChI is InChI=1S/C17H27NS/c1-4-15-7-8-17(19-15)12(3)18-11(2)16-10-13-5-6-14(16)9-13/h7-8,11-14,16,18H,4-6,9-10H2,1-3H3. The van der Waals surface area contributed by atoms with Crippen molar-refractivity contribution in [2.24, 2.45) is 17.8 Å². The lowest BCUT2D eigenvalue weighted by Crippen LogP contribution is -2.37. The molecule has 1 aromatic rings. The van der Waals surface area contributed by atoms with E-state index in [1.807, 2.05) is 11.3 Å². The number of hydrogen-bond acceptors (Lipinski definition) is 2. The zero-order valence-corrected chi connectivity index (χ0v) is 13.3. The van der Waals surface area contributed by atoms with Gasteiger partial charge < -0.3 is 5.32 Å². The summed E-state index contributed by atoms with van der Waals surface area (Å²) in [7, 11) is 0. The minimum Gasteiger partial charge on any atom is -0.307 e. The van der Waals surface area contributed by atoms with Gasteiger partial charge >= 0.3 is 0 Å². The molecule has 2 aliphatic carbocycles. The molecule has 2 fully saturated rings. The first-order valence-corrected chi connectivity index (χ1v) is 8.83. The van der Waals surface area contributed by atoms with Crippen molar-refractivity contribution in [1.29, 1.82) is 0 Å². The molecule has 0 amide bonds. The topological polar surface area (TPSA) is 12.0 Å². The quantitative estimate of drug-likeness (QED) is 0.816. The van der Waals surface area contributed by atoms with E-state index < -0.39 is 0 Å². The molecule has 2 bridgehead atoms. The Balaban J connectivity index is 1.58. The normalized spacial score (nSPS) is 32.7. The van der Waals surface area contributed by atoms with Gasteiger partial charge in [-0.3, -0.25) is 0 Å². The molecule has 2 aliphatic rings. The van der Waals surface area contributed by atoms with Crippen LogP contribution >= 0.6 is 11.3 Å². The Bertz CT molecular complexity index is 425. The van der Waals surface area contributed by atoms with Crippen LogP contribution < -0.4 is 5.32 Å². The Morgan fingerprint density at radius 1 is 1.26 bits per heavy atom. The number of rotatable bonds is 5. The van der Waals surface area contributed by atoms with Crippen molar-refractivity contribution >= 4 is 11.3 Å². The smallest absolute Gasteiger partial charge is 0.0388 e. The maximum atomic E-state index is 3.87. The molecule has 5 atom stereocenters. The third-order valence-electron chi connectivity index (χ3n) is 5.41. The molecule has 19 heavy (non-hydrogen) atoms. The third-order valence-corrected chi connectivity index (χ3v) is 6.82. The summed E-state index contributed by atoms with van der Waals surface area (Å²) < 4.78 is 0. The van der Waals surface area contributed by atoms with Crippen LogP contribution in [0.5, 0.6) is 0 Å². The number of aryl methyl sites for hydroxylation is 1. The average Bonchev–Trinajstić information content (AvgIpc) is 3.13. The molecule has 106 valence electrons. The minimum absolute atomic E-state index is 0.513. The van der Waals surface area contributed by atoms with Gasteiger partial charge in [0.2, 0.25) is 0 Å². The van der Waals surface area contributed by atoms with Crippen LogP contribution in [0.3, 0.4) is 0 Å². The molecule has 0 saturated heterocycles. The first kappa shape index (κ1) is 13.6. The van der Waals surface area contributed by atoms with Gasteiger partial charge in [-0.2, -0.15) is 0 Å². The van der Waals surface area contributed by atoms with E-state index in [9.17, 15) is 0 Å². The van der Waals surface area contributed by atoms with E-state index in [-0.39, 0.29) is 0 Å². The zero-order valence-electron chi connectivity index (χ0n) is 12.5. The molecule has 0 aromatic carbocycles. The lowest BCUT2D eigenvalue weighted by molar-refractivity contribution is 0.249. The maximum Gasteiger partial charge on any atom is 0.0388 e. The second kappa shape index (κ2) is 5.57. The highest BCUT2D eigenvalue weighted by Gasteiger charge is 2.41. The lowest BCUT2D eigenvalue weighted by Gasteiger charge is -2.30. The molecule has 0 aliphatic heterocycles. The van der Waals surface area contributed by atoms with Gasteiger partial charge in [-0.15, -0.1) is 11.3 Å². The van der Waals surface area contributed by atoms with E-state index in [2.05, 4.69) is 38.2 Å². The Kier molecular flexibility index (Phi) is 4.00. The van der Waals surface area contributed by atoms with Crippen molar-refractivity contribution in [2.45, 2.75) is 65.0 Å². The van der Waals surface area contributed by atoms with Crippen molar-refractivity contribution in [2.75, 3.05) is 0 Å². The van der Waals surface area contributed by atoms with Gasteiger partial charge in [0.15, 0.2) is 0 Å². The van der Waals surface area contributed by atoms with Crippen LogP contribution in [0.25, 0.3) is 0 Å². The monoisotopic (exact) mass is 277 g/mol. The van der Waals surface area contributed by atoms with Crippen molar-refractivity contribution in [3.63, 3.8) is 0 Å². The summed E-state index contributed by atoms with van der Waals surface area (Å²) in [6.07, 6.45) is 7.17. The van der Waals surface area contributed by atoms with Gasteiger partial charge in [0, 0.05) is 21.8 Å². The van der Waals surface area contributed by atoms with Gasteiger partial charge in [-0.25, -0.2) is 0 Å². The summed E-state index contributed by atoms with van der Waals surface area (Å²) in [4.78, 5) is 3.02.